The average molecular weight is 254 g/mol. The summed E-state index contributed by atoms with van der Waals surface area (Å²) >= 11 is 0. The van der Waals surface area contributed by atoms with E-state index in [1.165, 1.54) is 0 Å². The summed E-state index contributed by atoms with van der Waals surface area (Å²) in [5, 5.41) is 5.63. The number of carbonyl (C=O) groups excluding carboxylic acids is 2. The van der Waals surface area contributed by atoms with Crippen molar-refractivity contribution in [2.45, 2.75) is 37.3 Å². The van der Waals surface area contributed by atoms with Crippen LogP contribution in [0.3, 0.4) is 0 Å². The molecule has 2 amide bonds. The van der Waals surface area contributed by atoms with Gasteiger partial charge in [0.05, 0.1) is 12.1 Å². The molecule has 0 bridgehead atoms. The Bertz CT molecular complexity index is 333. The predicted octanol–water partition coefficient (Wildman–Crippen LogP) is -1.20. The molecule has 6 nitrogen and oxygen atoms in total. The van der Waals surface area contributed by atoms with Gasteiger partial charge >= 0.3 is 0 Å². The van der Waals surface area contributed by atoms with Gasteiger partial charge in [0.15, 0.2) is 0 Å². The van der Waals surface area contributed by atoms with Crippen LogP contribution in [0.5, 0.6) is 0 Å². The minimum absolute atomic E-state index is 0.00717. The van der Waals surface area contributed by atoms with Gasteiger partial charge in [0.2, 0.25) is 11.8 Å². The molecule has 1 heterocycles. The molecular weight excluding hydrogens is 232 g/mol. The average Bonchev–Trinajstić information content (AvgIpc) is 3.11. The predicted molar refractivity (Wildman–Crippen MR) is 67.8 cm³/mol. The van der Waals surface area contributed by atoms with Crippen LogP contribution in [0.15, 0.2) is 0 Å². The Hall–Kier alpha value is -1.14. The fraction of sp³-hybridized carbons (Fsp3) is 0.833. The van der Waals surface area contributed by atoms with Crippen LogP contribution in [0.1, 0.15) is 25.7 Å². The van der Waals surface area contributed by atoms with Crippen molar-refractivity contribution in [3.63, 3.8) is 0 Å². The molecule has 2 aliphatic rings. The zero-order valence-electron chi connectivity index (χ0n) is 10.9. The minimum atomic E-state index is -0.584. The lowest BCUT2D eigenvalue weighted by molar-refractivity contribution is -0.125. The van der Waals surface area contributed by atoms with Crippen LogP contribution in [-0.2, 0) is 9.59 Å². The summed E-state index contributed by atoms with van der Waals surface area (Å²) in [4.78, 5) is 25.1. The highest BCUT2D eigenvalue weighted by atomic mass is 16.2. The highest BCUT2D eigenvalue weighted by Gasteiger charge is 2.46. The Morgan fingerprint density at radius 3 is 2.44 bits per heavy atom. The maximum atomic E-state index is 11.8. The van der Waals surface area contributed by atoms with E-state index >= 15 is 0 Å². The van der Waals surface area contributed by atoms with E-state index in [4.69, 9.17) is 5.73 Å². The fourth-order valence-corrected chi connectivity index (χ4v) is 2.21. The van der Waals surface area contributed by atoms with Gasteiger partial charge in [-0.25, -0.2) is 0 Å². The summed E-state index contributed by atoms with van der Waals surface area (Å²) in [7, 11) is 1.64. The van der Waals surface area contributed by atoms with Gasteiger partial charge in [-0.05, 0) is 25.7 Å². The van der Waals surface area contributed by atoms with E-state index in [0.717, 1.165) is 38.8 Å². The third-order valence-electron chi connectivity index (χ3n) is 3.81. The van der Waals surface area contributed by atoms with Crippen molar-refractivity contribution in [3.8, 4) is 0 Å². The monoisotopic (exact) mass is 254 g/mol. The van der Waals surface area contributed by atoms with Gasteiger partial charge < -0.3 is 16.4 Å². The second-order valence-corrected chi connectivity index (χ2v) is 5.35. The molecule has 1 aliphatic carbocycles. The maximum Gasteiger partial charge on any atom is 0.240 e. The Kier molecular flexibility index (Phi) is 3.87. The third-order valence-corrected chi connectivity index (χ3v) is 3.81. The Morgan fingerprint density at radius 2 is 1.94 bits per heavy atom. The van der Waals surface area contributed by atoms with Gasteiger partial charge in [-0.15, -0.1) is 0 Å². The lowest BCUT2D eigenvalue weighted by Crippen LogP contribution is -2.51. The summed E-state index contributed by atoms with van der Waals surface area (Å²) in [5.41, 5.74) is 5.26. The van der Waals surface area contributed by atoms with Gasteiger partial charge in [-0.2, -0.15) is 0 Å². The second-order valence-electron chi connectivity index (χ2n) is 5.35. The number of carbonyl (C=O) groups is 2. The standard InChI is InChI=1S/C12H22N4O2/c1-14-10(17)8-16-6-2-9(3-7-16)15-11(18)12(13)4-5-12/h9H,2-8,13H2,1H3,(H,14,17)(H,15,18). The molecule has 2 rings (SSSR count). The highest BCUT2D eigenvalue weighted by molar-refractivity contribution is 5.89. The molecule has 1 aliphatic heterocycles. The number of piperidine rings is 1. The highest BCUT2D eigenvalue weighted by Crippen LogP contribution is 2.32. The largest absolute Gasteiger partial charge is 0.358 e. The van der Waals surface area contributed by atoms with Gasteiger partial charge in [-0.3, -0.25) is 14.5 Å². The van der Waals surface area contributed by atoms with Crippen LogP contribution in [0.4, 0.5) is 0 Å². The minimum Gasteiger partial charge on any atom is -0.358 e. The smallest absolute Gasteiger partial charge is 0.240 e. The third kappa shape index (κ3) is 3.20. The zero-order valence-corrected chi connectivity index (χ0v) is 10.9. The fourth-order valence-electron chi connectivity index (χ4n) is 2.21. The van der Waals surface area contributed by atoms with Crippen LogP contribution in [0.2, 0.25) is 0 Å². The Labute approximate surface area is 107 Å². The SMILES string of the molecule is CNC(=O)CN1CCC(NC(=O)C2(N)CC2)CC1. The zero-order chi connectivity index (χ0) is 13.2. The molecule has 6 heteroatoms. The number of rotatable bonds is 4. The number of hydrogen-bond donors (Lipinski definition) is 3. The molecule has 102 valence electrons. The second kappa shape index (κ2) is 5.24. The van der Waals surface area contributed by atoms with Crippen molar-refractivity contribution in [3.05, 3.63) is 0 Å². The number of nitrogens with two attached hydrogens (primary N) is 1. The first-order valence-corrected chi connectivity index (χ1v) is 6.56. The van der Waals surface area contributed by atoms with E-state index in [1.807, 2.05) is 0 Å². The van der Waals surface area contributed by atoms with Crippen LogP contribution < -0.4 is 16.4 Å². The van der Waals surface area contributed by atoms with Crippen molar-refractivity contribution in [1.29, 1.82) is 0 Å². The Balaban J connectivity index is 1.70. The molecule has 1 saturated carbocycles. The van der Waals surface area contributed by atoms with E-state index in [2.05, 4.69) is 15.5 Å². The number of nitrogens with zero attached hydrogens (tertiary/aromatic N) is 1. The number of likely N-dealkylation sites (tertiary alicyclic amines) is 1. The van der Waals surface area contributed by atoms with Gasteiger partial charge in [0.25, 0.3) is 0 Å². The van der Waals surface area contributed by atoms with Crippen molar-refractivity contribution in [2.75, 3.05) is 26.7 Å². The molecule has 0 aromatic rings. The molecule has 0 aromatic heterocycles. The first-order valence-electron chi connectivity index (χ1n) is 6.56. The molecular formula is C12H22N4O2. The van der Waals surface area contributed by atoms with Crippen LogP contribution in [0.25, 0.3) is 0 Å². The number of amides is 2. The molecule has 0 spiro atoms. The number of hydrogen-bond acceptors (Lipinski definition) is 4. The van der Waals surface area contributed by atoms with Crippen LogP contribution in [-0.4, -0.2) is 55.0 Å². The van der Waals surface area contributed by atoms with E-state index < -0.39 is 5.54 Å². The van der Waals surface area contributed by atoms with Crippen molar-refractivity contribution < 1.29 is 9.59 Å². The van der Waals surface area contributed by atoms with Crippen LogP contribution in [0, 0.1) is 0 Å². The Morgan fingerprint density at radius 1 is 1.33 bits per heavy atom. The van der Waals surface area contributed by atoms with Crippen molar-refractivity contribution in [1.82, 2.24) is 15.5 Å². The molecule has 0 unspecified atom stereocenters. The lowest BCUT2D eigenvalue weighted by Gasteiger charge is -2.32. The van der Waals surface area contributed by atoms with Crippen LogP contribution >= 0.6 is 0 Å². The molecule has 0 atom stereocenters. The maximum absolute atomic E-state index is 11.8. The lowest BCUT2D eigenvalue weighted by atomic mass is 10.0. The normalized spacial score (nSPS) is 23.4. The van der Waals surface area contributed by atoms with E-state index in [1.54, 1.807) is 7.05 Å². The van der Waals surface area contributed by atoms with Gasteiger partial charge in [-0.1, -0.05) is 0 Å². The summed E-state index contributed by atoms with van der Waals surface area (Å²) in [6.45, 7) is 2.13. The molecule has 1 saturated heterocycles. The number of likely N-dealkylation sites (N-methyl/N-ethyl adjacent to an activating group) is 1. The molecule has 4 N–H and O–H groups in total. The van der Waals surface area contributed by atoms with Gasteiger partial charge in [0.1, 0.15) is 0 Å². The first-order chi connectivity index (χ1) is 8.53. The van der Waals surface area contributed by atoms with E-state index in [9.17, 15) is 9.59 Å². The van der Waals surface area contributed by atoms with Crippen molar-refractivity contribution >= 4 is 11.8 Å². The molecule has 2 fully saturated rings. The summed E-state index contributed by atoms with van der Waals surface area (Å²) in [6, 6.07) is 0.208. The van der Waals surface area contributed by atoms with E-state index in [-0.39, 0.29) is 17.9 Å². The van der Waals surface area contributed by atoms with Gasteiger partial charge in [0, 0.05) is 26.2 Å². The topological polar surface area (TPSA) is 87.5 Å². The molecule has 0 radical (unpaired) electrons. The number of nitrogens with one attached hydrogen (secondary N) is 2. The first kappa shape index (κ1) is 13.3. The summed E-state index contributed by atoms with van der Waals surface area (Å²) < 4.78 is 0. The molecule has 18 heavy (non-hydrogen) atoms. The molecule has 0 aromatic carbocycles. The summed E-state index contributed by atoms with van der Waals surface area (Å²) in [5.74, 6) is 0.0311. The summed E-state index contributed by atoms with van der Waals surface area (Å²) in [6.07, 6.45) is 3.38. The van der Waals surface area contributed by atoms with Crippen molar-refractivity contribution in [2.24, 2.45) is 5.73 Å². The quantitative estimate of drug-likeness (QED) is 0.588. The van der Waals surface area contributed by atoms with E-state index in [0.29, 0.717) is 6.54 Å².